The number of anilines is 1. The van der Waals surface area contributed by atoms with E-state index in [1.807, 2.05) is 31.2 Å². The van der Waals surface area contributed by atoms with E-state index in [0.717, 1.165) is 23.1 Å². The van der Waals surface area contributed by atoms with Gasteiger partial charge >= 0.3 is 0 Å². The average Bonchev–Trinajstić information content (AvgIpc) is 2.29. The van der Waals surface area contributed by atoms with Crippen LogP contribution in [0.15, 0.2) is 30.3 Å². The lowest BCUT2D eigenvalue weighted by Crippen LogP contribution is -2.10. The Morgan fingerprint density at radius 3 is 2.88 bits per heavy atom. The van der Waals surface area contributed by atoms with Gasteiger partial charge in [-0.25, -0.2) is 4.98 Å². The van der Waals surface area contributed by atoms with Crippen LogP contribution in [0.1, 0.15) is 20.3 Å². The highest BCUT2D eigenvalue weighted by Gasteiger charge is 2.06. The van der Waals surface area contributed by atoms with E-state index in [1.54, 1.807) is 6.07 Å². The summed E-state index contributed by atoms with van der Waals surface area (Å²) in [6.07, 6.45) is 1.16. The van der Waals surface area contributed by atoms with Crippen LogP contribution in [0.4, 0.5) is 5.82 Å². The van der Waals surface area contributed by atoms with Crippen molar-refractivity contribution < 1.29 is 4.74 Å². The Kier molecular flexibility index (Phi) is 2.95. The van der Waals surface area contributed by atoms with Crippen LogP contribution in [0, 0.1) is 0 Å². The van der Waals surface area contributed by atoms with Gasteiger partial charge in [0.1, 0.15) is 17.1 Å². The normalized spacial score (nSPS) is 12.6. The SMILES string of the molecule is CC[C@@H](C)Oc1cccc2ccc(N)nc12. The molecule has 0 aliphatic heterocycles. The summed E-state index contributed by atoms with van der Waals surface area (Å²) in [6.45, 7) is 4.14. The number of benzene rings is 1. The first kappa shape index (κ1) is 10.7. The molecule has 0 unspecified atom stereocenters. The van der Waals surface area contributed by atoms with E-state index in [-0.39, 0.29) is 6.10 Å². The smallest absolute Gasteiger partial charge is 0.146 e. The van der Waals surface area contributed by atoms with Crippen molar-refractivity contribution in [2.45, 2.75) is 26.4 Å². The fourth-order valence-electron chi connectivity index (χ4n) is 1.53. The molecule has 0 aliphatic carbocycles. The van der Waals surface area contributed by atoms with Gasteiger partial charge in [-0.2, -0.15) is 0 Å². The average molecular weight is 216 g/mol. The summed E-state index contributed by atoms with van der Waals surface area (Å²) in [4.78, 5) is 4.32. The molecular formula is C13H16N2O. The molecule has 3 nitrogen and oxygen atoms in total. The molecule has 2 N–H and O–H groups in total. The molecule has 0 saturated heterocycles. The van der Waals surface area contributed by atoms with E-state index in [4.69, 9.17) is 10.5 Å². The van der Waals surface area contributed by atoms with Crippen LogP contribution in [0.5, 0.6) is 5.75 Å². The highest BCUT2D eigenvalue weighted by atomic mass is 16.5. The highest BCUT2D eigenvalue weighted by molar-refractivity contribution is 5.85. The predicted molar refractivity (Wildman–Crippen MR) is 66.5 cm³/mol. The number of nitrogens with zero attached hydrogens (tertiary/aromatic N) is 1. The highest BCUT2D eigenvalue weighted by Crippen LogP contribution is 2.25. The summed E-state index contributed by atoms with van der Waals surface area (Å²) >= 11 is 0. The molecule has 2 aromatic rings. The maximum atomic E-state index is 5.81. The van der Waals surface area contributed by atoms with Crippen molar-refractivity contribution in [2.24, 2.45) is 0 Å². The van der Waals surface area contributed by atoms with Crippen molar-refractivity contribution in [3.8, 4) is 5.75 Å². The van der Waals surface area contributed by atoms with E-state index in [9.17, 15) is 0 Å². The van der Waals surface area contributed by atoms with Crippen molar-refractivity contribution in [1.82, 2.24) is 4.98 Å². The number of hydrogen-bond acceptors (Lipinski definition) is 3. The fraction of sp³-hybridized carbons (Fsp3) is 0.308. The number of pyridine rings is 1. The molecule has 0 radical (unpaired) electrons. The third-order valence-electron chi connectivity index (χ3n) is 2.61. The summed E-state index contributed by atoms with van der Waals surface area (Å²) in [5.74, 6) is 1.33. The van der Waals surface area contributed by atoms with Gasteiger partial charge in [-0.15, -0.1) is 0 Å². The number of nitrogen functional groups attached to an aromatic ring is 1. The summed E-state index contributed by atoms with van der Waals surface area (Å²) in [7, 11) is 0. The summed E-state index contributed by atoms with van der Waals surface area (Å²) < 4.78 is 5.81. The molecule has 0 fully saturated rings. The second-order valence-electron chi connectivity index (χ2n) is 3.90. The Morgan fingerprint density at radius 2 is 2.12 bits per heavy atom. The zero-order chi connectivity index (χ0) is 11.5. The van der Waals surface area contributed by atoms with Gasteiger partial charge < -0.3 is 10.5 Å². The molecule has 0 saturated carbocycles. The number of ether oxygens (including phenoxy) is 1. The number of aromatic nitrogens is 1. The maximum absolute atomic E-state index is 5.81. The van der Waals surface area contributed by atoms with Crippen LogP contribution in [0.2, 0.25) is 0 Å². The minimum absolute atomic E-state index is 0.189. The molecule has 0 aliphatic rings. The van der Waals surface area contributed by atoms with Crippen LogP contribution in [-0.4, -0.2) is 11.1 Å². The van der Waals surface area contributed by atoms with E-state index in [1.165, 1.54) is 0 Å². The molecule has 1 aromatic heterocycles. The van der Waals surface area contributed by atoms with E-state index in [2.05, 4.69) is 11.9 Å². The van der Waals surface area contributed by atoms with Crippen LogP contribution in [-0.2, 0) is 0 Å². The molecule has 3 heteroatoms. The minimum Gasteiger partial charge on any atom is -0.488 e. The lowest BCUT2D eigenvalue weighted by Gasteiger charge is -2.14. The first-order valence-electron chi connectivity index (χ1n) is 5.52. The summed E-state index contributed by atoms with van der Waals surface area (Å²) in [5.41, 5.74) is 6.53. The summed E-state index contributed by atoms with van der Waals surface area (Å²) in [6, 6.07) is 9.67. The van der Waals surface area contributed by atoms with Gasteiger partial charge in [0.2, 0.25) is 0 Å². The van der Waals surface area contributed by atoms with Crippen molar-refractivity contribution in [3.05, 3.63) is 30.3 Å². The molecule has 0 amide bonds. The molecule has 1 heterocycles. The Hall–Kier alpha value is -1.77. The Morgan fingerprint density at radius 1 is 1.31 bits per heavy atom. The molecular weight excluding hydrogens is 200 g/mol. The number of rotatable bonds is 3. The topological polar surface area (TPSA) is 48.1 Å². The number of hydrogen-bond donors (Lipinski definition) is 1. The minimum atomic E-state index is 0.189. The third kappa shape index (κ3) is 2.08. The zero-order valence-corrected chi connectivity index (χ0v) is 9.60. The number of nitrogens with two attached hydrogens (primary N) is 1. The van der Waals surface area contributed by atoms with Gasteiger partial charge in [0, 0.05) is 5.39 Å². The zero-order valence-electron chi connectivity index (χ0n) is 9.60. The van der Waals surface area contributed by atoms with E-state index in [0.29, 0.717) is 5.82 Å². The van der Waals surface area contributed by atoms with Crippen molar-refractivity contribution in [3.63, 3.8) is 0 Å². The summed E-state index contributed by atoms with van der Waals surface area (Å²) in [5, 5.41) is 1.05. The Balaban J connectivity index is 2.47. The third-order valence-corrected chi connectivity index (χ3v) is 2.61. The number of fused-ring (bicyclic) bond motifs is 1. The second-order valence-corrected chi connectivity index (χ2v) is 3.90. The van der Waals surface area contributed by atoms with Gasteiger partial charge in [-0.05, 0) is 31.5 Å². The second kappa shape index (κ2) is 4.39. The molecule has 2 rings (SSSR count). The quantitative estimate of drug-likeness (QED) is 0.858. The Bertz CT molecular complexity index is 496. The molecule has 1 atom stereocenters. The van der Waals surface area contributed by atoms with E-state index >= 15 is 0 Å². The Labute approximate surface area is 95.2 Å². The van der Waals surface area contributed by atoms with Gasteiger partial charge in [-0.3, -0.25) is 0 Å². The van der Waals surface area contributed by atoms with Crippen molar-refractivity contribution >= 4 is 16.7 Å². The van der Waals surface area contributed by atoms with E-state index < -0.39 is 0 Å². The molecule has 1 aromatic carbocycles. The molecule has 84 valence electrons. The number of para-hydroxylation sites is 1. The van der Waals surface area contributed by atoms with Crippen LogP contribution in [0.25, 0.3) is 10.9 Å². The van der Waals surface area contributed by atoms with Gasteiger partial charge in [0.05, 0.1) is 6.10 Å². The maximum Gasteiger partial charge on any atom is 0.146 e. The van der Waals surface area contributed by atoms with Crippen LogP contribution < -0.4 is 10.5 Å². The largest absolute Gasteiger partial charge is 0.488 e. The predicted octanol–water partition coefficient (Wildman–Crippen LogP) is 2.99. The standard InChI is InChI=1S/C13H16N2O/c1-3-9(2)16-11-6-4-5-10-7-8-12(14)15-13(10)11/h4-9H,3H2,1-2H3,(H2,14,15)/t9-/m1/s1. The lowest BCUT2D eigenvalue weighted by atomic mass is 10.2. The van der Waals surface area contributed by atoms with Crippen LogP contribution in [0.3, 0.4) is 0 Å². The van der Waals surface area contributed by atoms with Gasteiger partial charge in [-0.1, -0.05) is 19.1 Å². The molecule has 16 heavy (non-hydrogen) atoms. The first-order valence-corrected chi connectivity index (χ1v) is 5.52. The molecule has 0 spiro atoms. The van der Waals surface area contributed by atoms with Crippen LogP contribution >= 0.6 is 0 Å². The van der Waals surface area contributed by atoms with Crippen molar-refractivity contribution in [2.75, 3.05) is 5.73 Å². The van der Waals surface area contributed by atoms with Gasteiger partial charge in [0.25, 0.3) is 0 Å². The van der Waals surface area contributed by atoms with Gasteiger partial charge in [0.15, 0.2) is 0 Å². The lowest BCUT2D eigenvalue weighted by molar-refractivity contribution is 0.220. The monoisotopic (exact) mass is 216 g/mol. The molecule has 0 bridgehead atoms. The van der Waals surface area contributed by atoms with Crippen molar-refractivity contribution in [1.29, 1.82) is 0 Å². The first-order chi connectivity index (χ1) is 7.70. The fourth-order valence-corrected chi connectivity index (χ4v) is 1.53.